The summed E-state index contributed by atoms with van der Waals surface area (Å²) in [5, 5.41) is 6.20. The van der Waals surface area contributed by atoms with E-state index in [1.54, 1.807) is 43.3 Å². The Bertz CT molecular complexity index is 792. The second-order valence-corrected chi connectivity index (χ2v) is 5.97. The normalized spacial score (nSPS) is 15.3. The Morgan fingerprint density at radius 3 is 2.67 bits per heavy atom. The molecule has 3 rings (SSSR count). The molecule has 1 aliphatic heterocycles. The van der Waals surface area contributed by atoms with Crippen LogP contribution in [0.3, 0.4) is 0 Å². The Balaban J connectivity index is 1.66. The summed E-state index contributed by atoms with van der Waals surface area (Å²) in [5.74, 6) is 0.370. The van der Waals surface area contributed by atoms with Gasteiger partial charge in [0.1, 0.15) is 5.75 Å². The van der Waals surface area contributed by atoms with Gasteiger partial charge in [0.15, 0.2) is 6.10 Å². The van der Waals surface area contributed by atoms with Gasteiger partial charge in [0.05, 0.1) is 0 Å². The summed E-state index contributed by atoms with van der Waals surface area (Å²) < 4.78 is 5.67. The first kappa shape index (κ1) is 16.3. The summed E-state index contributed by atoms with van der Waals surface area (Å²) >= 11 is 5.96. The number of amides is 2. The Morgan fingerprint density at radius 2 is 1.92 bits per heavy atom. The molecule has 1 heterocycles. The summed E-state index contributed by atoms with van der Waals surface area (Å²) in [5.41, 5.74) is 2.17. The number of hydrogen-bond acceptors (Lipinski definition) is 3. The summed E-state index contributed by atoms with van der Waals surface area (Å²) in [6.07, 6.45) is 0.286. The molecule has 1 atom stereocenters. The molecule has 0 spiro atoms. The zero-order valence-corrected chi connectivity index (χ0v) is 13.9. The SMILES string of the molecule is CCC(=O)Nc1cccc(NC(=O)C2Cc3cc(Cl)ccc3O2)c1. The zero-order valence-electron chi connectivity index (χ0n) is 13.1. The van der Waals surface area contributed by atoms with Crippen molar-refractivity contribution in [3.05, 3.63) is 53.1 Å². The van der Waals surface area contributed by atoms with E-state index in [1.165, 1.54) is 0 Å². The third kappa shape index (κ3) is 3.68. The average Bonchev–Trinajstić information content (AvgIpc) is 2.98. The van der Waals surface area contributed by atoms with Gasteiger partial charge in [-0.1, -0.05) is 24.6 Å². The van der Waals surface area contributed by atoms with Crippen LogP contribution in [0.25, 0.3) is 0 Å². The summed E-state index contributed by atoms with van der Waals surface area (Å²) in [4.78, 5) is 23.8. The number of hydrogen-bond donors (Lipinski definition) is 2. The number of benzene rings is 2. The molecule has 0 radical (unpaired) electrons. The van der Waals surface area contributed by atoms with Gasteiger partial charge in [-0.3, -0.25) is 9.59 Å². The fraction of sp³-hybridized carbons (Fsp3) is 0.222. The molecule has 2 amide bonds. The van der Waals surface area contributed by atoms with Crippen LogP contribution >= 0.6 is 11.6 Å². The number of carbonyl (C=O) groups is 2. The maximum Gasteiger partial charge on any atom is 0.265 e. The largest absolute Gasteiger partial charge is 0.480 e. The van der Waals surface area contributed by atoms with E-state index in [1.807, 2.05) is 6.07 Å². The summed E-state index contributed by atoms with van der Waals surface area (Å²) in [6, 6.07) is 12.3. The zero-order chi connectivity index (χ0) is 17.1. The first-order chi connectivity index (χ1) is 11.5. The van der Waals surface area contributed by atoms with Gasteiger partial charge in [-0.15, -0.1) is 0 Å². The molecular weight excluding hydrogens is 328 g/mol. The topological polar surface area (TPSA) is 67.4 Å². The van der Waals surface area contributed by atoms with Crippen molar-refractivity contribution >= 4 is 34.8 Å². The molecule has 0 aliphatic carbocycles. The predicted molar refractivity (Wildman–Crippen MR) is 93.6 cm³/mol. The smallest absolute Gasteiger partial charge is 0.265 e. The monoisotopic (exact) mass is 344 g/mol. The molecule has 0 aromatic heterocycles. The molecule has 0 fully saturated rings. The van der Waals surface area contributed by atoms with E-state index in [9.17, 15) is 9.59 Å². The van der Waals surface area contributed by atoms with Crippen LogP contribution in [0.4, 0.5) is 11.4 Å². The second kappa shape index (κ2) is 6.93. The Hall–Kier alpha value is -2.53. The summed E-state index contributed by atoms with van der Waals surface area (Å²) in [7, 11) is 0. The number of ether oxygens (including phenoxy) is 1. The minimum Gasteiger partial charge on any atom is -0.480 e. The van der Waals surface area contributed by atoms with Crippen molar-refractivity contribution < 1.29 is 14.3 Å². The van der Waals surface area contributed by atoms with Crippen LogP contribution in [-0.4, -0.2) is 17.9 Å². The lowest BCUT2D eigenvalue weighted by Crippen LogP contribution is -2.31. The fourth-order valence-corrected chi connectivity index (χ4v) is 2.70. The highest BCUT2D eigenvalue weighted by Gasteiger charge is 2.29. The number of fused-ring (bicyclic) bond motifs is 1. The molecule has 2 aromatic carbocycles. The van der Waals surface area contributed by atoms with Crippen molar-refractivity contribution in [3.8, 4) is 5.75 Å². The first-order valence-corrected chi connectivity index (χ1v) is 8.09. The number of nitrogens with one attached hydrogen (secondary N) is 2. The third-order valence-corrected chi connectivity index (χ3v) is 3.96. The highest BCUT2D eigenvalue weighted by molar-refractivity contribution is 6.30. The van der Waals surface area contributed by atoms with Crippen LogP contribution in [0.1, 0.15) is 18.9 Å². The van der Waals surface area contributed by atoms with Gasteiger partial charge in [0.2, 0.25) is 5.91 Å². The van der Waals surface area contributed by atoms with Crippen LogP contribution in [0.2, 0.25) is 5.02 Å². The molecule has 1 aliphatic rings. The Morgan fingerprint density at radius 1 is 1.17 bits per heavy atom. The molecule has 6 heteroatoms. The number of anilines is 2. The number of rotatable bonds is 4. The molecule has 124 valence electrons. The van der Waals surface area contributed by atoms with E-state index < -0.39 is 6.10 Å². The Labute approximate surface area is 145 Å². The molecule has 2 aromatic rings. The molecule has 0 saturated carbocycles. The van der Waals surface area contributed by atoms with Crippen LogP contribution < -0.4 is 15.4 Å². The molecule has 24 heavy (non-hydrogen) atoms. The van der Waals surface area contributed by atoms with Crippen LogP contribution in [0.15, 0.2) is 42.5 Å². The van der Waals surface area contributed by atoms with E-state index in [-0.39, 0.29) is 11.8 Å². The maximum absolute atomic E-state index is 12.4. The van der Waals surface area contributed by atoms with E-state index >= 15 is 0 Å². The molecule has 5 nitrogen and oxygen atoms in total. The van der Waals surface area contributed by atoms with Gasteiger partial charge >= 0.3 is 0 Å². The van der Waals surface area contributed by atoms with Crippen LogP contribution in [-0.2, 0) is 16.0 Å². The highest BCUT2D eigenvalue weighted by atomic mass is 35.5. The van der Waals surface area contributed by atoms with E-state index in [0.29, 0.717) is 35.0 Å². The highest BCUT2D eigenvalue weighted by Crippen LogP contribution is 2.31. The van der Waals surface area contributed by atoms with Crippen molar-refractivity contribution in [1.29, 1.82) is 0 Å². The van der Waals surface area contributed by atoms with Gasteiger partial charge < -0.3 is 15.4 Å². The lowest BCUT2D eigenvalue weighted by molar-refractivity contribution is -0.122. The standard InChI is InChI=1S/C18H17ClN2O3/c1-2-17(22)20-13-4-3-5-14(10-13)21-18(23)16-9-11-8-12(19)6-7-15(11)24-16/h3-8,10,16H,2,9H2,1H3,(H,20,22)(H,21,23). The van der Waals surface area contributed by atoms with Gasteiger partial charge in [0, 0.05) is 29.2 Å². The van der Waals surface area contributed by atoms with Crippen molar-refractivity contribution in [3.63, 3.8) is 0 Å². The molecule has 2 N–H and O–H groups in total. The van der Waals surface area contributed by atoms with E-state index in [4.69, 9.17) is 16.3 Å². The minimum atomic E-state index is -0.590. The molecule has 0 saturated heterocycles. The van der Waals surface area contributed by atoms with Gasteiger partial charge in [-0.2, -0.15) is 0 Å². The quantitative estimate of drug-likeness (QED) is 0.890. The molecule has 0 bridgehead atoms. The van der Waals surface area contributed by atoms with E-state index in [0.717, 1.165) is 5.56 Å². The van der Waals surface area contributed by atoms with Gasteiger partial charge in [-0.05, 0) is 42.0 Å². The lowest BCUT2D eigenvalue weighted by atomic mass is 10.1. The maximum atomic E-state index is 12.4. The van der Waals surface area contributed by atoms with Crippen molar-refractivity contribution in [2.24, 2.45) is 0 Å². The minimum absolute atomic E-state index is 0.0788. The van der Waals surface area contributed by atoms with E-state index in [2.05, 4.69) is 10.6 Å². The second-order valence-electron chi connectivity index (χ2n) is 5.53. The van der Waals surface area contributed by atoms with Crippen LogP contribution in [0, 0.1) is 0 Å². The summed E-state index contributed by atoms with van der Waals surface area (Å²) in [6.45, 7) is 1.78. The van der Waals surface area contributed by atoms with Gasteiger partial charge in [0.25, 0.3) is 5.91 Å². The van der Waals surface area contributed by atoms with Crippen molar-refractivity contribution in [2.75, 3.05) is 10.6 Å². The van der Waals surface area contributed by atoms with Crippen molar-refractivity contribution in [2.45, 2.75) is 25.9 Å². The number of carbonyl (C=O) groups excluding carboxylic acids is 2. The molecule has 1 unspecified atom stereocenters. The Kier molecular flexibility index (Phi) is 4.71. The van der Waals surface area contributed by atoms with Gasteiger partial charge in [-0.25, -0.2) is 0 Å². The van der Waals surface area contributed by atoms with Crippen LogP contribution in [0.5, 0.6) is 5.75 Å². The third-order valence-electron chi connectivity index (χ3n) is 3.72. The lowest BCUT2D eigenvalue weighted by Gasteiger charge is -2.12. The van der Waals surface area contributed by atoms with Crippen molar-refractivity contribution in [1.82, 2.24) is 0 Å². The average molecular weight is 345 g/mol. The predicted octanol–water partition coefficient (Wildman–Crippen LogP) is 3.63. The fourth-order valence-electron chi connectivity index (χ4n) is 2.51. The number of halogens is 1. The molecular formula is C18H17ClN2O3. The first-order valence-electron chi connectivity index (χ1n) is 7.71.